The van der Waals surface area contributed by atoms with E-state index in [1.807, 2.05) is 24.3 Å². The summed E-state index contributed by atoms with van der Waals surface area (Å²) in [7, 11) is 3.67. The molecule has 3 N–H and O–H groups in total. The van der Waals surface area contributed by atoms with Gasteiger partial charge in [0.2, 0.25) is 0 Å². The van der Waals surface area contributed by atoms with Crippen LogP contribution in [0.4, 0.5) is 11.4 Å². The van der Waals surface area contributed by atoms with Crippen LogP contribution in [0.3, 0.4) is 0 Å². The number of ether oxygens (including phenoxy) is 2. The molecule has 0 atom stereocenters. The Balaban J connectivity index is 1.38. The van der Waals surface area contributed by atoms with Crippen LogP contribution in [-0.2, 0) is 4.79 Å². The van der Waals surface area contributed by atoms with E-state index in [1.54, 1.807) is 43.6 Å². The van der Waals surface area contributed by atoms with Crippen LogP contribution in [0, 0.1) is 0 Å². The van der Waals surface area contributed by atoms with Crippen LogP contribution in [0.1, 0.15) is 23.3 Å². The first-order chi connectivity index (χ1) is 20.4. The zero-order valence-corrected chi connectivity index (χ0v) is 23.7. The minimum absolute atomic E-state index is 0.0539. The summed E-state index contributed by atoms with van der Waals surface area (Å²) in [6.07, 6.45) is 2.11. The summed E-state index contributed by atoms with van der Waals surface area (Å²) < 4.78 is 11.7. The van der Waals surface area contributed by atoms with Crippen LogP contribution >= 0.6 is 0 Å². The lowest BCUT2D eigenvalue weighted by Crippen LogP contribution is -2.44. The second kappa shape index (κ2) is 13.2. The van der Waals surface area contributed by atoms with Crippen LogP contribution in [0.15, 0.2) is 66.9 Å². The third-order valence-electron chi connectivity index (χ3n) is 7.10. The Morgan fingerprint density at radius 1 is 1.02 bits per heavy atom. The number of H-pyrrole nitrogens is 1. The number of hydrogen-bond acceptors (Lipinski definition) is 8. The zero-order chi connectivity index (χ0) is 29.5. The van der Waals surface area contributed by atoms with Crippen LogP contribution in [0.2, 0.25) is 0 Å². The molecule has 2 aromatic heterocycles. The summed E-state index contributed by atoms with van der Waals surface area (Å²) in [4.78, 5) is 33.1. The van der Waals surface area contributed by atoms with Gasteiger partial charge in [-0.15, -0.1) is 0 Å². The van der Waals surface area contributed by atoms with Crippen molar-refractivity contribution in [2.75, 3.05) is 57.2 Å². The summed E-state index contributed by atoms with van der Waals surface area (Å²) >= 11 is 0. The Morgan fingerprint density at radius 2 is 1.86 bits per heavy atom. The molecule has 2 aromatic carbocycles. The van der Waals surface area contributed by atoms with Crippen LogP contribution in [-0.4, -0.2) is 84.0 Å². The fraction of sp³-hybridized carbons (Fsp3) is 0.290. The van der Waals surface area contributed by atoms with E-state index in [0.29, 0.717) is 35.9 Å². The minimum atomic E-state index is -0.842. The van der Waals surface area contributed by atoms with Crippen molar-refractivity contribution >= 4 is 23.3 Å². The molecular formula is C31H34N6O5. The molecule has 0 saturated carbocycles. The van der Waals surface area contributed by atoms with Crippen molar-refractivity contribution in [1.29, 1.82) is 0 Å². The number of carboxylic acid groups (broad SMARTS) is 1. The Kier molecular flexibility index (Phi) is 8.98. The van der Waals surface area contributed by atoms with Crippen molar-refractivity contribution < 1.29 is 24.2 Å². The summed E-state index contributed by atoms with van der Waals surface area (Å²) in [6.45, 7) is 4.01. The first kappa shape index (κ1) is 28.6. The van der Waals surface area contributed by atoms with Crippen molar-refractivity contribution in [3.05, 3.63) is 72.6 Å². The van der Waals surface area contributed by atoms with E-state index in [1.165, 1.54) is 0 Å². The highest BCUT2D eigenvalue weighted by Gasteiger charge is 2.18. The van der Waals surface area contributed by atoms with E-state index >= 15 is 0 Å². The van der Waals surface area contributed by atoms with Gasteiger partial charge in [-0.05, 0) is 67.1 Å². The molecule has 11 nitrogen and oxygen atoms in total. The van der Waals surface area contributed by atoms with Crippen molar-refractivity contribution in [3.8, 4) is 34.0 Å². The smallest absolute Gasteiger partial charge is 0.303 e. The quantitative estimate of drug-likeness (QED) is 0.225. The number of aromatic nitrogens is 3. The van der Waals surface area contributed by atoms with E-state index in [2.05, 4.69) is 43.4 Å². The van der Waals surface area contributed by atoms with Crippen molar-refractivity contribution in [2.24, 2.45) is 0 Å². The monoisotopic (exact) mass is 570 g/mol. The molecule has 1 fully saturated rings. The van der Waals surface area contributed by atoms with Gasteiger partial charge >= 0.3 is 5.97 Å². The number of rotatable bonds is 11. The second-order valence-electron chi connectivity index (χ2n) is 10.1. The summed E-state index contributed by atoms with van der Waals surface area (Å²) in [5, 5.41) is 18.7. The van der Waals surface area contributed by atoms with Gasteiger partial charge in [-0.1, -0.05) is 12.1 Å². The van der Waals surface area contributed by atoms with Gasteiger partial charge in [-0.3, -0.25) is 14.7 Å². The maximum absolute atomic E-state index is 13.1. The number of amides is 1. The maximum Gasteiger partial charge on any atom is 0.303 e. The number of carboxylic acids is 1. The SMILES string of the molecule is COc1cc(-c2cc(OCCCC(=O)O)cc(N3CCN(C)CC3)c2)ccc1NC(=O)c1cccc(-c2ccn[nH]2)n1. The summed E-state index contributed by atoms with van der Waals surface area (Å²) in [6, 6.07) is 18.7. The molecule has 1 aliphatic rings. The molecule has 218 valence electrons. The maximum atomic E-state index is 13.1. The molecule has 1 saturated heterocycles. The molecule has 1 aliphatic heterocycles. The van der Waals surface area contributed by atoms with Gasteiger partial charge in [0.25, 0.3) is 5.91 Å². The predicted octanol–water partition coefficient (Wildman–Crippen LogP) is 4.40. The van der Waals surface area contributed by atoms with E-state index < -0.39 is 5.97 Å². The van der Waals surface area contributed by atoms with Gasteiger partial charge in [0, 0.05) is 50.6 Å². The molecule has 11 heteroatoms. The lowest BCUT2D eigenvalue weighted by atomic mass is 10.0. The molecule has 4 aromatic rings. The predicted molar refractivity (Wildman–Crippen MR) is 160 cm³/mol. The minimum Gasteiger partial charge on any atom is -0.495 e. The normalized spacial score (nSPS) is 13.5. The van der Waals surface area contributed by atoms with E-state index in [0.717, 1.165) is 48.7 Å². The number of nitrogens with zero attached hydrogens (tertiary/aromatic N) is 4. The number of benzene rings is 2. The van der Waals surface area contributed by atoms with E-state index in [9.17, 15) is 9.59 Å². The molecule has 5 rings (SSSR count). The molecule has 0 aliphatic carbocycles. The lowest BCUT2D eigenvalue weighted by molar-refractivity contribution is -0.137. The highest BCUT2D eigenvalue weighted by molar-refractivity contribution is 6.04. The van der Waals surface area contributed by atoms with Gasteiger partial charge in [0.1, 0.15) is 17.2 Å². The average Bonchev–Trinajstić information content (AvgIpc) is 3.55. The lowest BCUT2D eigenvalue weighted by Gasteiger charge is -2.34. The van der Waals surface area contributed by atoms with Gasteiger partial charge in [-0.2, -0.15) is 5.10 Å². The molecule has 3 heterocycles. The van der Waals surface area contributed by atoms with E-state index in [-0.39, 0.29) is 18.0 Å². The number of carbonyl (C=O) groups excluding carboxylic acids is 1. The fourth-order valence-corrected chi connectivity index (χ4v) is 4.76. The molecule has 0 unspecified atom stereocenters. The first-order valence-electron chi connectivity index (χ1n) is 13.8. The van der Waals surface area contributed by atoms with Crippen molar-refractivity contribution in [3.63, 3.8) is 0 Å². The van der Waals surface area contributed by atoms with Gasteiger partial charge in [0.15, 0.2) is 0 Å². The average molecular weight is 571 g/mol. The van der Waals surface area contributed by atoms with Gasteiger partial charge < -0.3 is 29.7 Å². The first-order valence-corrected chi connectivity index (χ1v) is 13.8. The van der Waals surface area contributed by atoms with Gasteiger partial charge in [0.05, 0.1) is 30.8 Å². The standard InChI is InChI=1S/C31H34N6O5/c1-36-12-14-37(15-13-36)23-17-22(18-24(20-23)42-16-4-7-30(38)39)21-8-9-27(29(19-21)41-2)34-31(40)28-6-3-5-25(33-28)26-10-11-32-35-26/h3,5-6,8-11,17-20H,4,7,12-16H2,1-2H3,(H,32,35)(H,34,40)(H,38,39). The number of carbonyl (C=O) groups is 2. The molecule has 0 radical (unpaired) electrons. The zero-order valence-electron chi connectivity index (χ0n) is 23.7. The largest absolute Gasteiger partial charge is 0.495 e. The van der Waals surface area contributed by atoms with E-state index in [4.69, 9.17) is 14.6 Å². The van der Waals surface area contributed by atoms with Crippen LogP contribution in [0.5, 0.6) is 11.5 Å². The summed E-state index contributed by atoms with van der Waals surface area (Å²) in [5.41, 5.74) is 4.95. The summed E-state index contributed by atoms with van der Waals surface area (Å²) in [5.74, 6) is -0.0338. The third kappa shape index (κ3) is 7.05. The topological polar surface area (TPSA) is 133 Å². The van der Waals surface area contributed by atoms with Crippen molar-refractivity contribution in [1.82, 2.24) is 20.1 Å². The number of piperazine rings is 1. The Hall–Kier alpha value is -4.90. The number of likely N-dealkylation sites (N-methyl/N-ethyl adjacent to an activating group) is 1. The Labute approximate surface area is 244 Å². The number of hydrogen-bond donors (Lipinski definition) is 3. The van der Waals surface area contributed by atoms with Gasteiger partial charge in [-0.25, -0.2) is 4.98 Å². The number of nitrogens with one attached hydrogen (secondary N) is 2. The van der Waals surface area contributed by atoms with Crippen molar-refractivity contribution in [2.45, 2.75) is 12.8 Å². The second-order valence-corrected chi connectivity index (χ2v) is 10.1. The number of anilines is 2. The Morgan fingerprint density at radius 3 is 2.60 bits per heavy atom. The Bertz CT molecular complexity index is 1530. The molecule has 0 spiro atoms. The molecular weight excluding hydrogens is 536 g/mol. The number of aliphatic carboxylic acids is 1. The number of aromatic amines is 1. The highest BCUT2D eigenvalue weighted by atomic mass is 16.5. The molecule has 1 amide bonds. The third-order valence-corrected chi connectivity index (χ3v) is 7.10. The fourth-order valence-electron chi connectivity index (χ4n) is 4.76. The number of methoxy groups -OCH3 is 1. The number of pyridine rings is 1. The van der Waals surface area contributed by atoms with Crippen LogP contribution < -0.4 is 19.7 Å². The molecule has 42 heavy (non-hydrogen) atoms. The molecule has 0 bridgehead atoms. The highest BCUT2D eigenvalue weighted by Crippen LogP contribution is 2.35. The van der Waals surface area contributed by atoms with Crippen LogP contribution in [0.25, 0.3) is 22.5 Å².